The van der Waals surface area contributed by atoms with E-state index in [1.54, 1.807) is 0 Å². The lowest BCUT2D eigenvalue weighted by molar-refractivity contribution is -0.133. The van der Waals surface area contributed by atoms with Gasteiger partial charge in [0.1, 0.15) is 12.4 Å². The minimum absolute atomic E-state index is 0.0661. The monoisotopic (exact) mass is 580 g/mol. The molecular formula is C37H44N2O4. The number of likely N-dealkylation sites (tertiary alicyclic amines) is 1. The van der Waals surface area contributed by atoms with Gasteiger partial charge in [-0.15, -0.1) is 0 Å². The maximum Gasteiger partial charge on any atom is 0.222 e. The van der Waals surface area contributed by atoms with Crippen LogP contribution in [0.4, 0.5) is 0 Å². The molecule has 1 aliphatic carbocycles. The molecule has 3 aromatic rings. The van der Waals surface area contributed by atoms with Crippen molar-refractivity contribution >= 4 is 17.6 Å². The Bertz CT molecular complexity index is 1310. The van der Waals surface area contributed by atoms with Crippen molar-refractivity contribution in [3.8, 4) is 5.75 Å². The predicted octanol–water partition coefficient (Wildman–Crippen LogP) is 6.31. The van der Waals surface area contributed by atoms with Crippen molar-refractivity contribution in [1.29, 1.82) is 0 Å². The van der Waals surface area contributed by atoms with E-state index >= 15 is 0 Å². The van der Waals surface area contributed by atoms with E-state index in [0.29, 0.717) is 51.3 Å². The molecule has 6 heteroatoms. The first-order chi connectivity index (χ1) is 21.0. The number of rotatable bonds is 14. The van der Waals surface area contributed by atoms with Crippen LogP contribution < -0.4 is 10.1 Å². The Morgan fingerprint density at radius 3 is 2.00 bits per heavy atom. The first kappa shape index (κ1) is 30.5. The number of piperidine rings is 1. The highest BCUT2D eigenvalue weighted by Gasteiger charge is 2.29. The molecular weight excluding hydrogens is 536 g/mol. The lowest BCUT2D eigenvalue weighted by Crippen LogP contribution is -2.45. The van der Waals surface area contributed by atoms with Crippen molar-refractivity contribution in [2.45, 2.75) is 76.9 Å². The molecule has 2 aliphatic rings. The van der Waals surface area contributed by atoms with Crippen LogP contribution in [0.25, 0.3) is 0 Å². The number of carbonyl (C=O) groups excluding carboxylic acids is 3. The van der Waals surface area contributed by atoms with Gasteiger partial charge in [-0.1, -0.05) is 92.1 Å². The first-order valence-corrected chi connectivity index (χ1v) is 15.9. The molecule has 1 atom stereocenters. The van der Waals surface area contributed by atoms with Gasteiger partial charge in [-0.05, 0) is 66.3 Å². The summed E-state index contributed by atoms with van der Waals surface area (Å²) in [4.78, 5) is 41.1. The number of Topliss-reactive ketones (excluding diaryl/α,β-unsaturated/α-hetero) is 1. The smallest absolute Gasteiger partial charge is 0.222 e. The first-order valence-electron chi connectivity index (χ1n) is 15.9. The van der Waals surface area contributed by atoms with Crippen molar-refractivity contribution in [2.75, 3.05) is 13.1 Å². The summed E-state index contributed by atoms with van der Waals surface area (Å²) in [6, 6.07) is 27.5. The number of hydrogen-bond donors (Lipinski definition) is 1. The summed E-state index contributed by atoms with van der Waals surface area (Å²) < 4.78 is 5.92. The normalized spacial score (nSPS) is 16.2. The molecule has 2 fully saturated rings. The van der Waals surface area contributed by atoms with Gasteiger partial charge >= 0.3 is 0 Å². The van der Waals surface area contributed by atoms with Crippen LogP contribution in [0.2, 0.25) is 0 Å². The summed E-state index contributed by atoms with van der Waals surface area (Å²) in [5.41, 5.74) is 3.29. The van der Waals surface area contributed by atoms with Crippen LogP contribution in [-0.4, -0.2) is 41.6 Å². The summed E-state index contributed by atoms with van der Waals surface area (Å²) in [5, 5.41) is 3.10. The zero-order chi connectivity index (χ0) is 29.9. The largest absolute Gasteiger partial charge is 0.489 e. The van der Waals surface area contributed by atoms with Crippen molar-refractivity contribution in [3.63, 3.8) is 0 Å². The fourth-order valence-corrected chi connectivity index (χ4v) is 6.02. The highest BCUT2D eigenvalue weighted by atomic mass is 16.5. The average Bonchev–Trinajstić information content (AvgIpc) is 3.02. The van der Waals surface area contributed by atoms with E-state index in [1.165, 1.54) is 12.0 Å². The molecule has 0 radical (unpaired) electrons. The number of aryl methyl sites for hydroxylation is 1. The molecule has 43 heavy (non-hydrogen) atoms. The van der Waals surface area contributed by atoms with Gasteiger partial charge in [0.05, 0.1) is 6.04 Å². The van der Waals surface area contributed by atoms with Crippen molar-refractivity contribution in [1.82, 2.24) is 10.2 Å². The van der Waals surface area contributed by atoms with E-state index in [0.717, 1.165) is 49.0 Å². The third-order valence-corrected chi connectivity index (χ3v) is 8.96. The van der Waals surface area contributed by atoms with Gasteiger partial charge in [0.2, 0.25) is 11.8 Å². The van der Waals surface area contributed by atoms with Crippen LogP contribution in [0.5, 0.6) is 5.75 Å². The number of amides is 2. The average molecular weight is 581 g/mol. The summed E-state index contributed by atoms with van der Waals surface area (Å²) in [6.07, 6.45) is 7.69. The van der Waals surface area contributed by atoms with Gasteiger partial charge < -0.3 is 15.0 Å². The van der Waals surface area contributed by atoms with Crippen molar-refractivity contribution in [3.05, 3.63) is 102 Å². The number of ketones is 1. The van der Waals surface area contributed by atoms with E-state index in [9.17, 15) is 14.4 Å². The molecule has 226 valence electrons. The van der Waals surface area contributed by atoms with Crippen LogP contribution in [0.1, 0.15) is 68.1 Å². The van der Waals surface area contributed by atoms with Crippen molar-refractivity contribution < 1.29 is 19.1 Å². The van der Waals surface area contributed by atoms with E-state index in [-0.39, 0.29) is 23.5 Å². The number of ether oxygens (including phenoxy) is 1. The zero-order valence-electron chi connectivity index (χ0n) is 25.1. The second kappa shape index (κ2) is 15.5. The van der Waals surface area contributed by atoms with Gasteiger partial charge in [-0.2, -0.15) is 0 Å². The third-order valence-electron chi connectivity index (χ3n) is 8.96. The number of carbonyl (C=O) groups is 3. The van der Waals surface area contributed by atoms with Crippen LogP contribution in [-0.2, 0) is 33.8 Å². The number of nitrogens with one attached hydrogen (secondary N) is 1. The van der Waals surface area contributed by atoms with Gasteiger partial charge in [0.15, 0.2) is 5.78 Å². The number of benzene rings is 3. The molecule has 0 aromatic heterocycles. The highest BCUT2D eigenvalue weighted by molar-refractivity contribution is 5.89. The molecule has 2 amide bonds. The van der Waals surface area contributed by atoms with Crippen LogP contribution in [0.3, 0.4) is 0 Å². The second-order valence-electron chi connectivity index (χ2n) is 12.2. The summed E-state index contributed by atoms with van der Waals surface area (Å²) >= 11 is 0. The third kappa shape index (κ3) is 9.54. The SMILES string of the molecule is O=C(CC1CCN(C(=O)CCc2ccccc2)CC1)N[C@@H](Cc1ccc(OCc2ccccc2)cc1)C(=O)CC1CCC1. The van der Waals surface area contributed by atoms with E-state index in [1.807, 2.05) is 77.7 Å². The lowest BCUT2D eigenvalue weighted by Gasteiger charge is -2.32. The Balaban J connectivity index is 1.09. The Labute approximate surface area is 255 Å². The molecule has 5 rings (SSSR count). The molecule has 0 bridgehead atoms. The minimum atomic E-state index is -0.524. The quantitative estimate of drug-likeness (QED) is 0.242. The number of nitrogens with zero attached hydrogens (tertiary/aromatic N) is 1. The summed E-state index contributed by atoms with van der Waals surface area (Å²) in [7, 11) is 0. The molecule has 1 heterocycles. The molecule has 6 nitrogen and oxygen atoms in total. The van der Waals surface area contributed by atoms with Gasteiger partial charge in [0.25, 0.3) is 0 Å². The minimum Gasteiger partial charge on any atom is -0.489 e. The molecule has 1 aliphatic heterocycles. The molecule has 3 aromatic carbocycles. The Hall–Kier alpha value is -3.93. The van der Waals surface area contributed by atoms with Gasteiger partial charge in [-0.25, -0.2) is 0 Å². The fraction of sp³-hybridized carbons (Fsp3) is 0.432. The van der Waals surface area contributed by atoms with Crippen LogP contribution in [0.15, 0.2) is 84.9 Å². The van der Waals surface area contributed by atoms with Gasteiger partial charge in [0, 0.05) is 32.4 Å². The Kier molecular flexibility index (Phi) is 11.0. The van der Waals surface area contributed by atoms with Gasteiger partial charge in [-0.3, -0.25) is 14.4 Å². The second-order valence-corrected chi connectivity index (χ2v) is 12.2. The van der Waals surface area contributed by atoms with E-state index < -0.39 is 6.04 Å². The van der Waals surface area contributed by atoms with E-state index in [2.05, 4.69) is 17.4 Å². The number of hydrogen-bond acceptors (Lipinski definition) is 4. The van der Waals surface area contributed by atoms with Crippen LogP contribution >= 0.6 is 0 Å². The molecule has 0 spiro atoms. The van der Waals surface area contributed by atoms with Crippen molar-refractivity contribution in [2.24, 2.45) is 11.8 Å². The fourth-order valence-electron chi connectivity index (χ4n) is 6.02. The summed E-state index contributed by atoms with van der Waals surface area (Å²) in [6.45, 7) is 1.88. The Morgan fingerprint density at radius 2 is 1.37 bits per heavy atom. The maximum atomic E-state index is 13.3. The lowest BCUT2D eigenvalue weighted by atomic mass is 9.80. The predicted molar refractivity (Wildman–Crippen MR) is 168 cm³/mol. The van der Waals surface area contributed by atoms with Crippen LogP contribution in [0, 0.1) is 11.8 Å². The maximum absolute atomic E-state index is 13.3. The highest BCUT2D eigenvalue weighted by Crippen LogP contribution is 2.30. The Morgan fingerprint density at radius 1 is 0.744 bits per heavy atom. The molecule has 1 saturated carbocycles. The topological polar surface area (TPSA) is 75.7 Å². The zero-order valence-corrected chi connectivity index (χ0v) is 25.1. The molecule has 1 N–H and O–H groups in total. The summed E-state index contributed by atoms with van der Waals surface area (Å²) in [5.74, 6) is 1.69. The standard InChI is InChI=1S/C37H44N2O4/c40-35(25-29-12-7-13-29)34(24-30-14-17-33(18-15-30)43-27-32-10-5-2-6-11-32)38-36(41)26-31-20-22-39(23-21-31)37(42)19-16-28-8-3-1-4-9-28/h1-6,8-11,14-15,17-18,29,31,34H,7,12-13,16,19-27H2,(H,38,41)/t34-/m0/s1. The van der Waals surface area contributed by atoms with E-state index in [4.69, 9.17) is 4.74 Å². The molecule has 1 saturated heterocycles. The molecule has 0 unspecified atom stereocenters.